The topological polar surface area (TPSA) is 75.0 Å². The van der Waals surface area contributed by atoms with Crippen LogP contribution in [0.1, 0.15) is 47.4 Å². The van der Waals surface area contributed by atoms with Crippen molar-refractivity contribution in [1.82, 2.24) is 15.1 Å². The number of aromatic amines is 1. The molecule has 2 aromatic rings. The summed E-state index contributed by atoms with van der Waals surface area (Å²) in [5.41, 5.74) is 7.64. The van der Waals surface area contributed by atoms with Gasteiger partial charge in [-0.25, -0.2) is 0 Å². The molecular formula is C14H20N4OS. The Balaban J connectivity index is 2.18. The zero-order valence-electron chi connectivity index (χ0n) is 12.0. The second-order valence-electron chi connectivity index (χ2n) is 4.82. The van der Waals surface area contributed by atoms with E-state index < -0.39 is 0 Å². The van der Waals surface area contributed by atoms with Gasteiger partial charge in [-0.05, 0) is 24.8 Å². The standard InChI is InChI=1S/C14H20N4OS/c1-4-6-10-12(15)13(17-16-10)14(19)18(3)9(2)11-7-5-8-20-11/h5,7-9H,4,6,15H2,1-3H3,(H,16,17). The minimum atomic E-state index is -0.151. The number of aryl methyl sites for hydroxylation is 1. The Labute approximate surface area is 122 Å². The molecule has 0 aliphatic carbocycles. The number of nitrogens with two attached hydrogens (primary N) is 1. The van der Waals surface area contributed by atoms with Gasteiger partial charge in [0.1, 0.15) is 0 Å². The molecule has 0 saturated heterocycles. The molecule has 0 bridgehead atoms. The van der Waals surface area contributed by atoms with E-state index in [0.717, 1.165) is 23.4 Å². The van der Waals surface area contributed by atoms with Crippen molar-refractivity contribution in [3.05, 3.63) is 33.8 Å². The summed E-state index contributed by atoms with van der Waals surface area (Å²) in [5.74, 6) is -0.151. The summed E-state index contributed by atoms with van der Waals surface area (Å²) in [6.45, 7) is 4.06. The monoisotopic (exact) mass is 292 g/mol. The van der Waals surface area contributed by atoms with Gasteiger partial charge in [-0.3, -0.25) is 9.89 Å². The van der Waals surface area contributed by atoms with E-state index in [-0.39, 0.29) is 11.9 Å². The predicted molar refractivity (Wildman–Crippen MR) is 81.8 cm³/mol. The van der Waals surface area contributed by atoms with E-state index in [1.807, 2.05) is 24.4 Å². The fourth-order valence-corrected chi connectivity index (χ4v) is 2.88. The minimum Gasteiger partial charge on any atom is -0.395 e. The molecule has 2 aromatic heterocycles. The summed E-state index contributed by atoms with van der Waals surface area (Å²) >= 11 is 1.64. The Kier molecular flexibility index (Phi) is 4.44. The Morgan fingerprint density at radius 2 is 2.35 bits per heavy atom. The van der Waals surface area contributed by atoms with E-state index in [1.54, 1.807) is 23.3 Å². The second-order valence-corrected chi connectivity index (χ2v) is 5.80. The lowest BCUT2D eigenvalue weighted by Crippen LogP contribution is -2.30. The first-order valence-electron chi connectivity index (χ1n) is 6.69. The number of aromatic nitrogens is 2. The number of thiophene rings is 1. The third-order valence-electron chi connectivity index (χ3n) is 3.44. The number of hydrogen-bond donors (Lipinski definition) is 2. The number of nitrogen functional groups attached to an aromatic ring is 1. The first kappa shape index (κ1) is 14.6. The summed E-state index contributed by atoms with van der Waals surface area (Å²) in [6.07, 6.45) is 1.76. The highest BCUT2D eigenvalue weighted by Crippen LogP contribution is 2.26. The number of carbonyl (C=O) groups excluding carboxylic acids is 1. The van der Waals surface area contributed by atoms with Crippen LogP contribution in [0.5, 0.6) is 0 Å². The van der Waals surface area contributed by atoms with Crippen LogP contribution in [-0.2, 0) is 6.42 Å². The molecule has 2 heterocycles. The van der Waals surface area contributed by atoms with Crippen molar-refractivity contribution in [2.24, 2.45) is 0 Å². The fourth-order valence-electron chi connectivity index (χ4n) is 2.05. The van der Waals surface area contributed by atoms with Crippen molar-refractivity contribution in [3.8, 4) is 0 Å². The maximum atomic E-state index is 12.5. The lowest BCUT2D eigenvalue weighted by atomic mass is 10.2. The molecule has 20 heavy (non-hydrogen) atoms. The van der Waals surface area contributed by atoms with Gasteiger partial charge in [0.05, 0.1) is 17.4 Å². The highest BCUT2D eigenvalue weighted by Gasteiger charge is 2.24. The van der Waals surface area contributed by atoms with Crippen LogP contribution in [0.4, 0.5) is 5.69 Å². The molecule has 0 fully saturated rings. The number of carbonyl (C=O) groups is 1. The first-order chi connectivity index (χ1) is 9.56. The molecule has 108 valence electrons. The highest BCUT2D eigenvalue weighted by atomic mass is 32.1. The van der Waals surface area contributed by atoms with E-state index in [9.17, 15) is 4.79 Å². The van der Waals surface area contributed by atoms with Gasteiger partial charge in [0.25, 0.3) is 5.91 Å². The van der Waals surface area contributed by atoms with Crippen LogP contribution >= 0.6 is 11.3 Å². The van der Waals surface area contributed by atoms with E-state index in [4.69, 9.17) is 5.73 Å². The summed E-state index contributed by atoms with van der Waals surface area (Å²) < 4.78 is 0. The molecule has 0 aromatic carbocycles. The molecule has 0 spiro atoms. The van der Waals surface area contributed by atoms with Crippen molar-refractivity contribution in [2.75, 3.05) is 12.8 Å². The van der Waals surface area contributed by atoms with Crippen molar-refractivity contribution in [3.63, 3.8) is 0 Å². The van der Waals surface area contributed by atoms with E-state index >= 15 is 0 Å². The third-order valence-corrected chi connectivity index (χ3v) is 4.48. The van der Waals surface area contributed by atoms with Crippen molar-refractivity contribution in [2.45, 2.75) is 32.7 Å². The van der Waals surface area contributed by atoms with Crippen LogP contribution in [0, 0.1) is 0 Å². The number of anilines is 1. The van der Waals surface area contributed by atoms with E-state index in [2.05, 4.69) is 17.1 Å². The van der Waals surface area contributed by atoms with Crippen LogP contribution in [0.2, 0.25) is 0 Å². The molecule has 1 unspecified atom stereocenters. The normalized spacial score (nSPS) is 12.3. The number of nitrogens with zero attached hydrogens (tertiary/aromatic N) is 2. The maximum Gasteiger partial charge on any atom is 0.276 e. The summed E-state index contributed by atoms with van der Waals surface area (Å²) in [5, 5.41) is 8.95. The van der Waals surface area contributed by atoms with Gasteiger partial charge in [0, 0.05) is 11.9 Å². The number of amides is 1. The number of nitrogens with one attached hydrogen (secondary N) is 1. The number of H-pyrrole nitrogens is 1. The van der Waals surface area contributed by atoms with E-state index in [0.29, 0.717) is 11.4 Å². The van der Waals surface area contributed by atoms with Gasteiger partial charge in [-0.2, -0.15) is 5.10 Å². The number of hydrogen-bond acceptors (Lipinski definition) is 4. The molecule has 3 N–H and O–H groups in total. The van der Waals surface area contributed by atoms with Gasteiger partial charge in [0.15, 0.2) is 5.69 Å². The lowest BCUT2D eigenvalue weighted by molar-refractivity contribution is 0.0740. The molecule has 2 rings (SSSR count). The summed E-state index contributed by atoms with van der Waals surface area (Å²) in [7, 11) is 1.78. The van der Waals surface area contributed by atoms with Crippen molar-refractivity contribution >= 4 is 22.9 Å². The first-order valence-corrected chi connectivity index (χ1v) is 7.57. The van der Waals surface area contributed by atoms with Crippen molar-refractivity contribution in [1.29, 1.82) is 0 Å². The Morgan fingerprint density at radius 1 is 1.60 bits per heavy atom. The quantitative estimate of drug-likeness (QED) is 0.889. The third kappa shape index (κ3) is 2.70. The largest absolute Gasteiger partial charge is 0.395 e. The van der Waals surface area contributed by atoms with Crippen LogP contribution in [-0.4, -0.2) is 28.1 Å². The average molecular weight is 292 g/mol. The zero-order valence-corrected chi connectivity index (χ0v) is 12.8. The molecule has 1 atom stereocenters. The maximum absolute atomic E-state index is 12.5. The molecule has 0 aliphatic heterocycles. The Hall–Kier alpha value is -1.82. The van der Waals surface area contributed by atoms with Gasteiger partial charge < -0.3 is 10.6 Å². The summed E-state index contributed by atoms with van der Waals surface area (Å²) in [4.78, 5) is 15.3. The zero-order chi connectivity index (χ0) is 14.7. The van der Waals surface area contributed by atoms with Crippen molar-refractivity contribution < 1.29 is 4.79 Å². The molecule has 0 radical (unpaired) electrons. The summed E-state index contributed by atoms with van der Waals surface area (Å²) in [6, 6.07) is 4.01. The second kappa shape index (κ2) is 6.09. The molecule has 0 saturated carbocycles. The van der Waals surface area contributed by atoms with Gasteiger partial charge >= 0.3 is 0 Å². The van der Waals surface area contributed by atoms with Crippen LogP contribution in [0.15, 0.2) is 17.5 Å². The van der Waals surface area contributed by atoms with E-state index in [1.165, 1.54) is 0 Å². The molecule has 6 heteroatoms. The Bertz CT molecular complexity index is 576. The molecule has 5 nitrogen and oxygen atoms in total. The molecule has 1 amide bonds. The van der Waals surface area contributed by atoms with Crippen LogP contribution in [0.25, 0.3) is 0 Å². The Morgan fingerprint density at radius 3 is 2.95 bits per heavy atom. The van der Waals surface area contributed by atoms with Crippen LogP contribution in [0.3, 0.4) is 0 Å². The van der Waals surface area contributed by atoms with Crippen LogP contribution < -0.4 is 5.73 Å². The highest BCUT2D eigenvalue weighted by molar-refractivity contribution is 7.10. The predicted octanol–water partition coefficient (Wildman–Crippen LogP) is 2.84. The average Bonchev–Trinajstić information content (AvgIpc) is 3.08. The van der Waals surface area contributed by atoms with Gasteiger partial charge in [0.2, 0.25) is 0 Å². The van der Waals surface area contributed by atoms with Gasteiger partial charge in [-0.1, -0.05) is 19.4 Å². The lowest BCUT2D eigenvalue weighted by Gasteiger charge is -2.23. The smallest absolute Gasteiger partial charge is 0.276 e. The fraction of sp³-hybridized carbons (Fsp3) is 0.429. The minimum absolute atomic E-state index is 0.00762. The van der Waals surface area contributed by atoms with Gasteiger partial charge in [-0.15, -0.1) is 11.3 Å². The SMILES string of the molecule is CCCc1[nH]nc(C(=O)N(C)C(C)c2cccs2)c1N. The molecular weight excluding hydrogens is 272 g/mol. The molecule has 0 aliphatic rings. The number of rotatable bonds is 5.